The highest BCUT2D eigenvalue weighted by molar-refractivity contribution is 8.00. The quantitative estimate of drug-likeness (QED) is 0.834. The minimum Gasteiger partial charge on any atom is -0.508 e. The molecule has 3 nitrogen and oxygen atoms in total. The Morgan fingerprint density at radius 2 is 2.00 bits per heavy atom. The molecule has 1 saturated heterocycles. The van der Waals surface area contributed by atoms with Gasteiger partial charge in [0.1, 0.15) is 5.75 Å². The van der Waals surface area contributed by atoms with E-state index in [-0.39, 0.29) is 28.4 Å². The van der Waals surface area contributed by atoms with Crippen molar-refractivity contribution in [1.82, 2.24) is 10.2 Å². The standard InChI is InChI=1S/C14H19F3N2OS/c1-2-12(19-7-5-18-6-8-19)11-9-10(3-4-13(11)20)21-14(15,16)17/h3-4,9,12,18,20H,2,5-8H2,1H3/t12-/m0/s1. The summed E-state index contributed by atoms with van der Waals surface area (Å²) in [6.07, 6.45) is 0.744. The highest BCUT2D eigenvalue weighted by Crippen LogP contribution is 2.40. The van der Waals surface area contributed by atoms with Crippen LogP contribution in [0.3, 0.4) is 0 Å². The molecule has 1 aliphatic rings. The fourth-order valence-corrected chi connectivity index (χ4v) is 3.25. The van der Waals surface area contributed by atoms with E-state index in [1.54, 1.807) is 0 Å². The van der Waals surface area contributed by atoms with Crippen LogP contribution < -0.4 is 5.32 Å². The summed E-state index contributed by atoms with van der Waals surface area (Å²) >= 11 is -0.144. The summed E-state index contributed by atoms with van der Waals surface area (Å²) in [6, 6.07) is 4.07. The molecule has 21 heavy (non-hydrogen) atoms. The molecule has 2 rings (SSSR count). The third kappa shape index (κ3) is 4.52. The molecule has 118 valence electrons. The molecule has 7 heteroatoms. The summed E-state index contributed by atoms with van der Waals surface area (Å²) in [7, 11) is 0. The molecule has 0 amide bonds. The Balaban J connectivity index is 2.24. The van der Waals surface area contributed by atoms with E-state index in [0.717, 1.165) is 32.6 Å². The van der Waals surface area contributed by atoms with Gasteiger partial charge < -0.3 is 10.4 Å². The van der Waals surface area contributed by atoms with Gasteiger partial charge in [-0.25, -0.2) is 0 Å². The second-order valence-corrected chi connectivity index (χ2v) is 6.12. The SMILES string of the molecule is CC[C@@H](c1cc(SC(F)(F)F)ccc1O)N1CCNCC1. The van der Waals surface area contributed by atoms with E-state index in [0.29, 0.717) is 5.56 Å². The Hall–Kier alpha value is -0.920. The fraction of sp³-hybridized carbons (Fsp3) is 0.571. The summed E-state index contributed by atoms with van der Waals surface area (Å²) in [4.78, 5) is 2.32. The molecular formula is C14H19F3N2OS. The molecule has 0 unspecified atom stereocenters. The van der Waals surface area contributed by atoms with Gasteiger partial charge in [-0.05, 0) is 36.4 Å². The zero-order valence-electron chi connectivity index (χ0n) is 11.8. The average molecular weight is 320 g/mol. The molecule has 1 aliphatic heterocycles. The zero-order chi connectivity index (χ0) is 15.5. The largest absolute Gasteiger partial charge is 0.508 e. The van der Waals surface area contributed by atoms with Gasteiger partial charge in [-0.3, -0.25) is 4.90 Å². The zero-order valence-corrected chi connectivity index (χ0v) is 12.6. The first-order valence-corrected chi connectivity index (χ1v) is 7.76. The Morgan fingerprint density at radius 1 is 1.33 bits per heavy atom. The van der Waals surface area contributed by atoms with Gasteiger partial charge >= 0.3 is 5.51 Å². The van der Waals surface area contributed by atoms with E-state index in [9.17, 15) is 18.3 Å². The maximum absolute atomic E-state index is 12.5. The molecule has 0 radical (unpaired) electrons. The maximum atomic E-state index is 12.5. The second kappa shape index (κ2) is 6.89. The Kier molecular flexibility index (Phi) is 5.40. The third-order valence-electron chi connectivity index (χ3n) is 3.57. The minimum absolute atomic E-state index is 0.0547. The van der Waals surface area contributed by atoms with Crippen LogP contribution in [0.25, 0.3) is 0 Å². The first-order valence-electron chi connectivity index (χ1n) is 6.94. The predicted molar refractivity (Wildman–Crippen MR) is 77.5 cm³/mol. The Bertz CT molecular complexity index is 476. The lowest BCUT2D eigenvalue weighted by Crippen LogP contribution is -2.45. The minimum atomic E-state index is -4.31. The van der Waals surface area contributed by atoms with Crippen molar-refractivity contribution >= 4 is 11.8 Å². The molecular weight excluding hydrogens is 301 g/mol. The van der Waals surface area contributed by atoms with E-state index in [4.69, 9.17) is 0 Å². The lowest BCUT2D eigenvalue weighted by Gasteiger charge is -2.35. The van der Waals surface area contributed by atoms with Gasteiger partial charge in [-0.15, -0.1) is 0 Å². The van der Waals surface area contributed by atoms with E-state index in [1.165, 1.54) is 18.2 Å². The van der Waals surface area contributed by atoms with Crippen LogP contribution in [-0.4, -0.2) is 41.7 Å². The molecule has 0 saturated carbocycles. The van der Waals surface area contributed by atoms with Crippen LogP contribution in [0.4, 0.5) is 13.2 Å². The van der Waals surface area contributed by atoms with Gasteiger partial charge in [0.05, 0.1) is 0 Å². The monoisotopic (exact) mass is 320 g/mol. The number of phenols is 1. The number of nitrogens with one attached hydrogen (secondary N) is 1. The number of piperazine rings is 1. The summed E-state index contributed by atoms with van der Waals surface area (Å²) < 4.78 is 37.5. The van der Waals surface area contributed by atoms with Crippen molar-refractivity contribution in [2.24, 2.45) is 0 Å². The number of thioether (sulfide) groups is 1. The number of benzene rings is 1. The molecule has 0 aromatic heterocycles. The number of rotatable bonds is 4. The van der Waals surface area contributed by atoms with Crippen LogP contribution in [0, 0.1) is 0 Å². The van der Waals surface area contributed by atoms with Gasteiger partial charge in [0.2, 0.25) is 0 Å². The number of nitrogens with zero attached hydrogens (tertiary/aromatic N) is 1. The van der Waals surface area contributed by atoms with Crippen LogP contribution in [0.5, 0.6) is 5.75 Å². The van der Waals surface area contributed by atoms with Crippen LogP contribution in [0.2, 0.25) is 0 Å². The van der Waals surface area contributed by atoms with Gasteiger partial charge in [0.25, 0.3) is 0 Å². The normalized spacial score (nSPS) is 18.7. The van der Waals surface area contributed by atoms with Crippen molar-refractivity contribution in [2.75, 3.05) is 26.2 Å². The number of hydrogen-bond donors (Lipinski definition) is 2. The van der Waals surface area contributed by atoms with Crippen molar-refractivity contribution in [1.29, 1.82) is 0 Å². The predicted octanol–water partition coefficient (Wildman–Crippen LogP) is 3.36. The number of aromatic hydroxyl groups is 1. The molecule has 0 aliphatic carbocycles. The first-order chi connectivity index (χ1) is 9.90. The highest BCUT2D eigenvalue weighted by atomic mass is 32.2. The number of alkyl halides is 3. The third-order valence-corrected chi connectivity index (χ3v) is 4.29. The van der Waals surface area contributed by atoms with Gasteiger partial charge in [0.15, 0.2) is 0 Å². The molecule has 1 aromatic carbocycles. The van der Waals surface area contributed by atoms with Crippen LogP contribution in [-0.2, 0) is 0 Å². The van der Waals surface area contributed by atoms with Crippen molar-refractivity contribution < 1.29 is 18.3 Å². The molecule has 1 fully saturated rings. The van der Waals surface area contributed by atoms with Crippen LogP contribution >= 0.6 is 11.8 Å². The van der Waals surface area contributed by atoms with E-state index in [1.807, 2.05) is 6.92 Å². The molecule has 2 N–H and O–H groups in total. The summed E-state index contributed by atoms with van der Waals surface area (Å²) in [5, 5.41) is 13.3. The lowest BCUT2D eigenvalue weighted by molar-refractivity contribution is -0.0328. The van der Waals surface area contributed by atoms with Crippen molar-refractivity contribution in [3.05, 3.63) is 23.8 Å². The van der Waals surface area contributed by atoms with Gasteiger partial charge in [0, 0.05) is 42.7 Å². The molecule has 1 atom stereocenters. The first kappa shape index (κ1) is 16.5. The molecule has 1 heterocycles. The molecule has 1 aromatic rings. The number of phenolic OH excluding ortho intramolecular Hbond substituents is 1. The van der Waals surface area contributed by atoms with Gasteiger partial charge in [-0.2, -0.15) is 13.2 Å². The van der Waals surface area contributed by atoms with Crippen LogP contribution in [0.15, 0.2) is 23.1 Å². The van der Waals surface area contributed by atoms with E-state index in [2.05, 4.69) is 10.2 Å². The van der Waals surface area contributed by atoms with Crippen LogP contribution in [0.1, 0.15) is 24.9 Å². The molecule has 0 spiro atoms. The maximum Gasteiger partial charge on any atom is 0.446 e. The number of hydrogen-bond acceptors (Lipinski definition) is 4. The van der Waals surface area contributed by atoms with Crippen molar-refractivity contribution in [3.63, 3.8) is 0 Å². The topological polar surface area (TPSA) is 35.5 Å². The van der Waals surface area contributed by atoms with Crippen molar-refractivity contribution in [2.45, 2.75) is 29.8 Å². The molecule has 0 bridgehead atoms. The smallest absolute Gasteiger partial charge is 0.446 e. The fourth-order valence-electron chi connectivity index (χ4n) is 2.67. The van der Waals surface area contributed by atoms with E-state index >= 15 is 0 Å². The average Bonchev–Trinajstić information content (AvgIpc) is 2.43. The van der Waals surface area contributed by atoms with Gasteiger partial charge in [-0.1, -0.05) is 6.92 Å². The summed E-state index contributed by atoms with van der Waals surface area (Å²) in [5.74, 6) is 0.0620. The number of halogens is 3. The lowest BCUT2D eigenvalue weighted by atomic mass is 10.0. The highest BCUT2D eigenvalue weighted by Gasteiger charge is 2.30. The Labute approximate surface area is 126 Å². The second-order valence-electron chi connectivity index (χ2n) is 4.98. The van der Waals surface area contributed by atoms with Crippen molar-refractivity contribution in [3.8, 4) is 5.75 Å². The van der Waals surface area contributed by atoms with E-state index < -0.39 is 5.51 Å². The summed E-state index contributed by atoms with van der Waals surface area (Å²) in [6.45, 7) is 5.35. The Morgan fingerprint density at radius 3 is 2.57 bits per heavy atom. The summed E-state index contributed by atoms with van der Waals surface area (Å²) in [5.41, 5.74) is -3.74.